The summed E-state index contributed by atoms with van der Waals surface area (Å²) in [4.78, 5) is 2.76. The van der Waals surface area contributed by atoms with Gasteiger partial charge in [-0.05, 0) is 68.5 Å². The molecule has 1 aliphatic heterocycles. The zero-order chi connectivity index (χ0) is 14.7. The Morgan fingerprint density at radius 2 is 1.76 bits per heavy atom. The minimum absolute atomic E-state index is 0.418. The molecule has 4 nitrogen and oxygen atoms in total. The maximum atomic E-state index is 12.3. The number of aryl methyl sites for hydroxylation is 2. The summed E-state index contributed by atoms with van der Waals surface area (Å²) >= 11 is 0. The molecule has 1 fully saturated rings. The Morgan fingerprint density at radius 3 is 2.57 bits per heavy atom. The van der Waals surface area contributed by atoms with Crippen LogP contribution in [0, 0.1) is 0 Å². The summed E-state index contributed by atoms with van der Waals surface area (Å²) in [5.41, 5.74) is 2.51. The second-order valence-electron chi connectivity index (χ2n) is 6.08. The first kappa shape index (κ1) is 15.0. The highest BCUT2D eigenvalue weighted by molar-refractivity contribution is 7.89. The summed E-state index contributed by atoms with van der Waals surface area (Å²) in [6, 6.07) is 5.57. The Labute approximate surface area is 127 Å². The SMILES string of the molecule is O=S(=O)(NCCN1CCCCC1)c1ccc2c(c1)CCC2. The Bertz CT molecular complexity index is 592. The normalized spacial score (nSPS) is 19.6. The molecular formula is C16H24N2O2S. The molecule has 1 aliphatic carbocycles. The van der Waals surface area contributed by atoms with Crippen LogP contribution >= 0.6 is 0 Å². The quantitative estimate of drug-likeness (QED) is 0.904. The molecule has 21 heavy (non-hydrogen) atoms. The molecule has 1 aromatic carbocycles. The van der Waals surface area contributed by atoms with Crippen LogP contribution in [0.2, 0.25) is 0 Å². The van der Waals surface area contributed by atoms with E-state index in [-0.39, 0.29) is 0 Å². The van der Waals surface area contributed by atoms with E-state index in [1.54, 1.807) is 6.07 Å². The van der Waals surface area contributed by atoms with Gasteiger partial charge in [0.25, 0.3) is 0 Å². The molecular weight excluding hydrogens is 284 g/mol. The average molecular weight is 308 g/mol. The van der Waals surface area contributed by atoms with Crippen LogP contribution in [-0.2, 0) is 22.9 Å². The number of nitrogens with one attached hydrogen (secondary N) is 1. The van der Waals surface area contributed by atoms with Crippen molar-refractivity contribution in [3.63, 3.8) is 0 Å². The summed E-state index contributed by atoms with van der Waals surface area (Å²) in [6.07, 6.45) is 7.00. The third-order valence-electron chi connectivity index (χ3n) is 4.55. The van der Waals surface area contributed by atoms with Gasteiger partial charge in [-0.1, -0.05) is 12.5 Å². The molecule has 3 rings (SSSR count). The van der Waals surface area contributed by atoms with Crippen LogP contribution in [0.1, 0.15) is 36.8 Å². The highest BCUT2D eigenvalue weighted by Crippen LogP contribution is 2.24. The monoisotopic (exact) mass is 308 g/mol. The van der Waals surface area contributed by atoms with Gasteiger partial charge in [0.1, 0.15) is 0 Å². The van der Waals surface area contributed by atoms with Crippen molar-refractivity contribution in [3.05, 3.63) is 29.3 Å². The van der Waals surface area contributed by atoms with Crippen LogP contribution < -0.4 is 4.72 Å². The third kappa shape index (κ3) is 3.65. The van der Waals surface area contributed by atoms with Crippen molar-refractivity contribution in [2.75, 3.05) is 26.2 Å². The molecule has 0 bridgehead atoms. The maximum absolute atomic E-state index is 12.3. The standard InChI is InChI=1S/C16H24N2O2S/c19-21(20,17-9-12-18-10-2-1-3-11-18)16-8-7-14-5-4-6-15(14)13-16/h7-8,13,17H,1-6,9-12H2. The van der Waals surface area contributed by atoms with E-state index in [2.05, 4.69) is 9.62 Å². The van der Waals surface area contributed by atoms with Crippen molar-refractivity contribution in [1.82, 2.24) is 9.62 Å². The number of hydrogen-bond donors (Lipinski definition) is 1. The van der Waals surface area contributed by atoms with Gasteiger partial charge >= 0.3 is 0 Å². The van der Waals surface area contributed by atoms with Crippen molar-refractivity contribution < 1.29 is 8.42 Å². The van der Waals surface area contributed by atoms with Gasteiger partial charge in [0, 0.05) is 13.1 Å². The highest BCUT2D eigenvalue weighted by Gasteiger charge is 2.18. The molecule has 1 saturated heterocycles. The van der Waals surface area contributed by atoms with Crippen molar-refractivity contribution in [1.29, 1.82) is 0 Å². The number of fused-ring (bicyclic) bond motifs is 1. The zero-order valence-corrected chi connectivity index (χ0v) is 13.3. The molecule has 1 heterocycles. The number of piperidine rings is 1. The molecule has 0 aromatic heterocycles. The van der Waals surface area contributed by atoms with E-state index in [0.717, 1.165) is 38.9 Å². The van der Waals surface area contributed by atoms with E-state index < -0.39 is 10.0 Å². The molecule has 0 spiro atoms. The van der Waals surface area contributed by atoms with Gasteiger partial charge < -0.3 is 4.90 Å². The number of benzene rings is 1. The summed E-state index contributed by atoms with van der Waals surface area (Å²) in [6.45, 7) is 3.50. The maximum Gasteiger partial charge on any atom is 0.240 e. The molecule has 0 unspecified atom stereocenters. The second kappa shape index (κ2) is 6.46. The number of hydrogen-bond acceptors (Lipinski definition) is 3. The van der Waals surface area contributed by atoms with Gasteiger partial charge in [-0.2, -0.15) is 0 Å². The first-order valence-electron chi connectivity index (χ1n) is 7.99. The van der Waals surface area contributed by atoms with Crippen molar-refractivity contribution in [3.8, 4) is 0 Å². The van der Waals surface area contributed by atoms with E-state index in [9.17, 15) is 8.42 Å². The molecule has 5 heteroatoms. The topological polar surface area (TPSA) is 49.4 Å². The lowest BCUT2D eigenvalue weighted by molar-refractivity contribution is 0.233. The van der Waals surface area contributed by atoms with Gasteiger partial charge in [0.15, 0.2) is 0 Å². The molecule has 1 aromatic rings. The lowest BCUT2D eigenvalue weighted by atomic mass is 10.1. The highest BCUT2D eigenvalue weighted by atomic mass is 32.2. The number of sulfonamides is 1. The predicted molar refractivity (Wildman–Crippen MR) is 83.9 cm³/mol. The van der Waals surface area contributed by atoms with Gasteiger partial charge in [-0.25, -0.2) is 13.1 Å². The Hall–Kier alpha value is -0.910. The lowest BCUT2D eigenvalue weighted by Crippen LogP contribution is -2.37. The van der Waals surface area contributed by atoms with Crippen LogP contribution in [0.3, 0.4) is 0 Å². The zero-order valence-electron chi connectivity index (χ0n) is 12.5. The van der Waals surface area contributed by atoms with Crippen molar-refractivity contribution in [2.24, 2.45) is 0 Å². The van der Waals surface area contributed by atoms with Gasteiger partial charge in [0.05, 0.1) is 4.90 Å². The van der Waals surface area contributed by atoms with Crippen LogP contribution in [0.15, 0.2) is 23.1 Å². The molecule has 1 N–H and O–H groups in total. The minimum Gasteiger partial charge on any atom is -0.302 e. The molecule has 0 radical (unpaired) electrons. The summed E-state index contributed by atoms with van der Waals surface area (Å²) in [5.74, 6) is 0. The third-order valence-corrected chi connectivity index (χ3v) is 6.01. The fourth-order valence-electron chi connectivity index (χ4n) is 3.32. The van der Waals surface area contributed by atoms with Crippen LogP contribution in [0.25, 0.3) is 0 Å². The number of rotatable bonds is 5. The molecule has 0 atom stereocenters. The number of nitrogens with zero attached hydrogens (tertiary/aromatic N) is 1. The smallest absolute Gasteiger partial charge is 0.240 e. The summed E-state index contributed by atoms with van der Waals surface area (Å²) < 4.78 is 27.4. The second-order valence-corrected chi connectivity index (χ2v) is 7.85. The first-order chi connectivity index (χ1) is 10.1. The van der Waals surface area contributed by atoms with E-state index in [0.29, 0.717) is 11.4 Å². The fraction of sp³-hybridized carbons (Fsp3) is 0.625. The molecule has 0 saturated carbocycles. The predicted octanol–water partition coefficient (Wildman–Crippen LogP) is 1.94. The van der Waals surface area contributed by atoms with E-state index in [1.807, 2.05) is 12.1 Å². The van der Waals surface area contributed by atoms with Gasteiger partial charge in [0.2, 0.25) is 10.0 Å². The van der Waals surface area contributed by atoms with Crippen LogP contribution in [0.5, 0.6) is 0 Å². The van der Waals surface area contributed by atoms with E-state index in [4.69, 9.17) is 0 Å². The summed E-state index contributed by atoms with van der Waals surface area (Å²) in [5, 5.41) is 0. The molecule has 0 amide bonds. The van der Waals surface area contributed by atoms with Crippen LogP contribution in [0.4, 0.5) is 0 Å². The van der Waals surface area contributed by atoms with Gasteiger partial charge in [-0.15, -0.1) is 0 Å². The van der Waals surface area contributed by atoms with Crippen molar-refractivity contribution >= 4 is 10.0 Å². The number of likely N-dealkylation sites (tertiary alicyclic amines) is 1. The largest absolute Gasteiger partial charge is 0.302 e. The van der Waals surface area contributed by atoms with Crippen molar-refractivity contribution in [2.45, 2.75) is 43.4 Å². The lowest BCUT2D eigenvalue weighted by Gasteiger charge is -2.26. The first-order valence-corrected chi connectivity index (χ1v) is 9.47. The summed E-state index contributed by atoms with van der Waals surface area (Å²) in [7, 11) is -3.36. The minimum atomic E-state index is -3.36. The van der Waals surface area contributed by atoms with Gasteiger partial charge in [-0.3, -0.25) is 0 Å². The fourth-order valence-corrected chi connectivity index (χ4v) is 4.39. The molecule has 2 aliphatic rings. The Balaban J connectivity index is 1.58. The van der Waals surface area contributed by atoms with E-state index in [1.165, 1.54) is 30.4 Å². The average Bonchev–Trinajstić information content (AvgIpc) is 2.95. The molecule has 116 valence electrons. The Kier molecular flexibility index (Phi) is 4.62. The van der Waals surface area contributed by atoms with Crippen LogP contribution in [-0.4, -0.2) is 39.5 Å². The van der Waals surface area contributed by atoms with E-state index >= 15 is 0 Å². The Morgan fingerprint density at radius 1 is 1.00 bits per heavy atom.